The van der Waals surface area contributed by atoms with Crippen molar-refractivity contribution in [3.8, 4) is 0 Å². The number of azo groups is 1. The van der Waals surface area contributed by atoms with Gasteiger partial charge in [-0.05, 0) is 31.2 Å². The molecule has 3 rings (SSSR count). The van der Waals surface area contributed by atoms with E-state index >= 15 is 0 Å². The van der Waals surface area contributed by atoms with Crippen molar-refractivity contribution in [2.45, 2.75) is 6.92 Å². The van der Waals surface area contributed by atoms with Crippen LogP contribution in [-0.2, 0) is 0 Å². The number of aromatic amines is 1. The lowest BCUT2D eigenvalue weighted by molar-refractivity contribution is -0.384. The average Bonchev–Trinajstić information content (AvgIpc) is 3.01. The van der Waals surface area contributed by atoms with Gasteiger partial charge in [-0.25, -0.2) is 4.98 Å². The maximum Gasteiger partial charge on any atom is 0.269 e. The van der Waals surface area contributed by atoms with Crippen molar-refractivity contribution in [2.75, 3.05) is 5.43 Å². The quantitative estimate of drug-likeness (QED) is 0.248. The largest absolute Gasteiger partial charge is 0.321 e. The van der Waals surface area contributed by atoms with Gasteiger partial charge in [0.15, 0.2) is 5.84 Å². The number of amidine groups is 1. The summed E-state index contributed by atoms with van der Waals surface area (Å²) >= 11 is 0. The van der Waals surface area contributed by atoms with Gasteiger partial charge in [0.1, 0.15) is 0 Å². The van der Waals surface area contributed by atoms with Gasteiger partial charge >= 0.3 is 0 Å². The number of benzene rings is 2. The number of H-pyrrole nitrogens is 1. The Morgan fingerprint density at radius 2 is 1.96 bits per heavy atom. The molecule has 120 valence electrons. The fourth-order valence-electron chi connectivity index (χ4n) is 1.93. The molecule has 0 aliphatic heterocycles. The molecular weight excluding hydrogens is 310 g/mol. The molecule has 1 heterocycles. The molecule has 0 saturated carbocycles. The van der Waals surface area contributed by atoms with Gasteiger partial charge < -0.3 is 4.98 Å². The molecule has 1 aromatic heterocycles. The van der Waals surface area contributed by atoms with E-state index in [1.54, 1.807) is 19.1 Å². The molecule has 0 atom stereocenters. The standard InChI is InChI=1S/C15H13N7O2/c1-10(18-20-11-6-8-12(9-7-11)22(23)24)19-21-15-16-13-4-2-3-5-14(13)17-15/h2-9,20H,1H3,(H,16,17)/b18-10+,21-19?. The summed E-state index contributed by atoms with van der Waals surface area (Å²) in [6.45, 7) is 1.67. The van der Waals surface area contributed by atoms with E-state index in [1.807, 2.05) is 24.3 Å². The third-order valence-corrected chi connectivity index (χ3v) is 3.09. The van der Waals surface area contributed by atoms with E-state index in [0.717, 1.165) is 11.0 Å². The molecule has 0 bridgehead atoms. The Hall–Kier alpha value is -3.62. The van der Waals surface area contributed by atoms with Crippen molar-refractivity contribution in [1.82, 2.24) is 9.97 Å². The Kier molecular flexibility index (Phi) is 4.23. The number of hydrogen-bond donors (Lipinski definition) is 2. The van der Waals surface area contributed by atoms with Gasteiger partial charge in [0.05, 0.1) is 21.6 Å². The van der Waals surface area contributed by atoms with Crippen LogP contribution in [0.5, 0.6) is 0 Å². The second-order valence-electron chi connectivity index (χ2n) is 4.85. The molecule has 0 aliphatic rings. The minimum Gasteiger partial charge on any atom is -0.321 e. The second-order valence-corrected chi connectivity index (χ2v) is 4.85. The summed E-state index contributed by atoms with van der Waals surface area (Å²) in [5.41, 5.74) is 5.07. The topological polar surface area (TPSA) is 121 Å². The van der Waals surface area contributed by atoms with E-state index in [-0.39, 0.29) is 5.69 Å². The van der Waals surface area contributed by atoms with Crippen molar-refractivity contribution in [2.24, 2.45) is 15.3 Å². The molecule has 24 heavy (non-hydrogen) atoms. The zero-order valence-electron chi connectivity index (χ0n) is 12.7. The Bertz CT molecular complexity index is 895. The number of rotatable bonds is 4. The van der Waals surface area contributed by atoms with Crippen molar-refractivity contribution >= 4 is 34.2 Å². The van der Waals surface area contributed by atoms with Crippen molar-refractivity contribution < 1.29 is 4.92 Å². The summed E-state index contributed by atoms with van der Waals surface area (Å²) in [7, 11) is 0. The zero-order valence-corrected chi connectivity index (χ0v) is 12.7. The smallest absolute Gasteiger partial charge is 0.269 e. The molecule has 0 spiro atoms. The highest BCUT2D eigenvalue weighted by atomic mass is 16.6. The van der Waals surface area contributed by atoms with E-state index in [9.17, 15) is 10.1 Å². The average molecular weight is 323 g/mol. The molecule has 2 aromatic carbocycles. The Morgan fingerprint density at radius 3 is 2.67 bits per heavy atom. The summed E-state index contributed by atoms with van der Waals surface area (Å²) < 4.78 is 0. The van der Waals surface area contributed by atoms with Crippen LogP contribution in [0.3, 0.4) is 0 Å². The molecule has 0 aliphatic carbocycles. The number of nitrogens with zero attached hydrogens (tertiary/aromatic N) is 5. The Balaban J connectivity index is 1.66. The normalized spacial score (nSPS) is 12.0. The minimum atomic E-state index is -0.458. The first-order valence-corrected chi connectivity index (χ1v) is 7.03. The van der Waals surface area contributed by atoms with Crippen LogP contribution < -0.4 is 5.43 Å². The van der Waals surface area contributed by atoms with E-state index in [4.69, 9.17) is 0 Å². The van der Waals surface area contributed by atoms with E-state index in [1.165, 1.54) is 12.1 Å². The summed E-state index contributed by atoms with van der Waals surface area (Å²) in [5.74, 6) is 0.773. The number of fused-ring (bicyclic) bond motifs is 1. The number of aromatic nitrogens is 2. The molecular formula is C15H13N7O2. The van der Waals surface area contributed by atoms with Gasteiger partial charge in [0, 0.05) is 12.1 Å². The van der Waals surface area contributed by atoms with Gasteiger partial charge in [-0.3, -0.25) is 15.5 Å². The predicted molar refractivity (Wildman–Crippen MR) is 90.4 cm³/mol. The molecule has 0 fully saturated rings. The highest BCUT2D eigenvalue weighted by Gasteiger charge is 2.03. The summed E-state index contributed by atoms with van der Waals surface area (Å²) in [6, 6.07) is 13.5. The van der Waals surface area contributed by atoms with E-state index in [0.29, 0.717) is 17.5 Å². The molecule has 9 heteroatoms. The molecule has 0 radical (unpaired) electrons. The van der Waals surface area contributed by atoms with Crippen LogP contribution in [0.2, 0.25) is 0 Å². The number of non-ortho nitro benzene ring substituents is 1. The van der Waals surface area contributed by atoms with Crippen LogP contribution in [0.4, 0.5) is 17.3 Å². The molecule has 0 unspecified atom stereocenters. The number of nitro groups is 1. The van der Waals surface area contributed by atoms with E-state index < -0.39 is 4.92 Å². The SMILES string of the molecule is C/C(N=Nc1nc2ccccc2[nH]1)=N\Nc1ccc([N+](=O)[O-])cc1. The first-order valence-electron chi connectivity index (χ1n) is 7.03. The number of para-hydroxylation sites is 2. The van der Waals surface area contributed by atoms with Crippen molar-refractivity contribution in [3.05, 3.63) is 58.6 Å². The zero-order chi connectivity index (χ0) is 16.9. The summed E-state index contributed by atoms with van der Waals surface area (Å²) in [5, 5.41) is 22.6. The highest BCUT2D eigenvalue weighted by molar-refractivity contribution is 5.81. The van der Waals surface area contributed by atoms with Gasteiger partial charge in [0.25, 0.3) is 5.69 Å². The van der Waals surface area contributed by atoms with Crippen molar-refractivity contribution in [1.29, 1.82) is 0 Å². The molecule has 0 amide bonds. The number of hydrazone groups is 1. The number of anilines is 1. The predicted octanol–water partition coefficient (Wildman–Crippen LogP) is 4.00. The van der Waals surface area contributed by atoms with Gasteiger partial charge in [0.2, 0.25) is 5.95 Å². The summed E-state index contributed by atoms with van der Waals surface area (Å²) in [4.78, 5) is 17.4. The number of hydrogen-bond acceptors (Lipinski definition) is 6. The van der Waals surface area contributed by atoms with Crippen LogP contribution >= 0.6 is 0 Å². The molecule has 0 saturated heterocycles. The first-order chi connectivity index (χ1) is 11.6. The van der Waals surface area contributed by atoms with Gasteiger partial charge in [-0.2, -0.15) is 5.10 Å². The lowest BCUT2D eigenvalue weighted by atomic mass is 10.3. The fraction of sp³-hybridized carbons (Fsp3) is 0.0667. The third kappa shape index (κ3) is 3.58. The third-order valence-electron chi connectivity index (χ3n) is 3.09. The maximum absolute atomic E-state index is 10.6. The maximum atomic E-state index is 10.6. The molecule has 3 aromatic rings. The molecule has 2 N–H and O–H groups in total. The van der Waals surface area contributed by atoms with Crippen LogP contribution in [0.15, 0.2) is 63.9 Å². The number of nitro benzene ring substituents is 1. The Morgan fingerprint density at radius 1 is 1.21 bits per heavy atom. The first kappa shape index (κ1) is 15.3. The second kappa shape index (κ2) is 6.65. The van der Waals surface area contributed by atoms with Crippen LogP contribution in [-0.4, -0.2) is 20.7 Å². The van der Waals surface area contributed by atoms with Crippen LogP contribution in [0.25, 0.3) is 11.0 Å². The van der Waals surface area contributed by atoms with Gasteiger partial charge in [-0.15, -0.1) is 10.2 Å². The monoisotopic (exact) mass is 323 g/mol. The lowest BCUT2D eigenvalue weighted by Crippen LogP contribution is -1.94. The summed E-state index contributed by atoms with van der Waals surface area (Å²) in [6.07, 6.45) is 0. The lowest BCUT2D eigenvalue weighted by Gasteiger charge is -1.99. The van der Waals surface area contributed by atoms with Crippen LogP contribution in [0, 0.1) is 10.1 Å². The van der Waals surface area contributed by atoms with Gasteiger partial charge in [-0.1, -0.05) is 12.1 Å². The Labute approximate surface area is 136 Å². The molecule has 9 nitrogen and oxygen atoms in total. The fourth-order valence-corrected chi connectivity index (χ4v) is 1.93. The van der Waals surface area contributed by atoms with E-state index in [2.05, 4.69) is 30.7 Å². The highest BCUT2D eigenvalue weighted by Crippen LogP contribution is 2.16. The minimum absolute atomic E-state index is 0.0193. The number of nitrogens with one attached hydrogen (secondary N) is 2. The van der Waals surface area contributed by atoms with Crippen molar-refractivity contribution in [3.63, 3.8) is 0 Å². The number of imidazole rings is 1. The van der Waals surface area contributed by atoms with Crippen LogP contribution in [0.1, 0.15) is 6.92 Å².